The Balaban J connectivity index is 2.45. The molecule has 0 radical (unpaired) electrons. The summed E-state index contributed by atoms with van der Waals surface area (Å²) in [6.45, 7) is 6.83. The lowest BCUT2D eigenvalue weighted by molar-refractivity contribution is -0.190. The maximum atomic E-state index is 13.4. The van der Waals surface area contributed by atoms with Gasteiger partial charge in [0.05, 0.1) is 6.10 Å². The zero-order chi connectivity index (χ0) is 28.5. The fourth-order valence-electron chi connectivity index (χ4n) is 4.23. The van der Waals surface area contributed by atoms with Gasteiger partial charge in [-0.15, -0.1) is 0 Å². The van der Waals surface area contributed by atoms with Crippen molar-refractivity contribution in [1.29, 1.82) is 0 Å². The quantitative estimate of drug-likeness (QED) is 0.197. The van der Waals surface area contributed by atoms with Gasteiger partial charge in [-0.2, -0.15) is 11.8 Å². The molecule has 9 nitrogen and oxygen atoms in total. The van der Waals surface area contributed by atoms with Crippen LogP contribution >= 0.6 is 11.8 Å². The van der Waals surface area contributed by atoms with Gasteiger partial charge in [0.2, 0.25) is 0 Å². The van der Waals surface area contributed by atoms with Crippen LogP contribution in [0.25, 0.3) is 0 Å². The van der Waals surface area contributed by atoms with E-state index in [0.717, 1.165) is 12.8 Å². The predicted molar refractivity (Wildman–Crippen MR) is 148 cm³/mol. The number of benzene rings is 2. The van der Waals surface area contributed by atoms with Gasteiger partial charge in [0.1, 0.15) is 18.0 Å². The van der Waals surface area contributed by atoms with Crippen LogP contribution in [0.2, 0.25) is 0 Å². The van der Waals surface area contributed by atoms with Crippen LogP contribution in [-0.4, -0.2) is 85.3 Å². The van der Waals surface area contributed by atoms with Gasteiger partial charge in [0.25, 0.3) is 11.8 Å². The Morgan fingerprint density at radius 2 is 1.58 bits per heavy atom. The first-order chi connectivity index (χ1) is 18.0. The Morgan fingerprint density at radius 1 is 1.00 bits per heavy atom. The number of nitrogens with one attached hydrogen (secondary N) is 1. The van der Waals surface area contributed by atoms with Gasteiger partial charge >= 0.3 is 0 Å². The molecule has 0 saturated carbocycles. The highest BCUT2D eigenvalue weighted by Gasteiger charge is 2.48. The largest absolute Gasteiger partial charge is 0.508 e. The van der Waals surface area contributed by atoms with Crippen LogP contribution in [0, 0.1) is 6.92 Å². The molecule has 0 saturated heterocycles. The normalized spacial score (nSPS) is 15.3. The highest BCUT2D eigenvalue weighted by atomic mass is 32.2. The third-order valence-corrected chi connectivity index (χ3v) is 6.88. The second-order valence-electron chi connectivity index (χ2n) is 9.45. The molecule has 2 rings (SSSR count). The Labute approximate surface area is 228 Å². The molecular weight excluding hydrogens is 508 g/mol. The van der Waals surface area contributed by atoms with Crippen LogP contribution in [-0.2, 0) is 0 Å². The lowest BCUT2D eigenvalue weighted by atomic mass is 9.89. The minimum Gasteiger partial charge on any atom is -0.508 e. The summed E-state index contributed by atoms with van der Waals surface area (Å²) in [5.41, 5.74) is -1.62. The van der Waals surface area contributed by atoms with Crippen molar-refractivity contribution in [1.82, 2.24) is 10.2 Å². The number of aliphatic hydroxyl groups excluding tert-OH is 3. The third kappa shape index (κ3) is 7.94. The molecular formula is C28H40N2O7S. The number of phenols is 1. The molecule has 210 valence electrons. The molecule has 10 heteroatoms. The van der Waals surface area contributed by atoms with E-state index in [4.69, 9.17) is 0 Å². The van der Waals surface area contributed by atoms with E-state index in [-0.39, 0.29) is 29.2 Å². The lowest BCUT2D eigenvalue weighted by Crippen LogP contribution is -2.63. The van der Waals surface area contributed by atoms with E-state index >= 15 is 0 Å². The van der Waals surface area contributed by atoms with Gasteiger partial charge in [-0.05, 0) is 79.7 Å². The molecule has 0 heterocycles. The van der Waals surface area contributed by atoms with Crippen LogP contribution in [0.5, 0.6) is 5.75 Å². The van der Waals surface area contributed by atoms with Crippen molar-refractivity contribution in [3.63, 3.8) is 0 Å². The molecule has 0 spiro atoms. The fraction of sp³-hybridized carbons (Fsp3) is 0.500. The predicted octanol–water partition coefficient (Wildman–Crippen LogP) is 2.59. The number of carbonyl (C=O) groups is 2. The molecule has 2 aromatic carbocycles. The Hall–Kier alpha value is -2.63. The van der Waals surface area contributed by atoms with Crippen molar-refractivity contribution < 1.29 is 35.1 Å². The van der Waals surface area contributed by atoms with E-state index in [1.807, 2.05) is 20.1 Å². The monoisotopic (exact) mass is 548 g/mol. The summed E-state index contributed by atoms with van der Waals surface area (Å²) in [7, 11) is 0. The van der Waals surface area contributed by atoms with Crippen molar-refractivity contribution in [2.45, 2.75) is 64.1 Å². The molecule has 2 aromatic rings. The molecule has 4 unspecified atom stereocenters. The van der Waals surface area contributed by atoms with Crippen molar-refractivity contribution in [3.8, 4) is 5.75 Å². The van der Waals surface area contributed by atoms with Crippen molar-refractivity contribution in [2.24, 2.45) is 0 Å². The highest BCUT2D eigenvalue weighted by Crippen LogP contribution is 2.31. The number of hydrogen-bond donors (Lipinski definition) is 6. The summed E-state index contributed by atoms with van der Waals surface area (Å²) in [6.07, 6.45) is -1.81. The van der Waals surface area contributed by atoms with Gasteiger partial charge < -0.3 is 35.7 Å². The summed E-state index contributed by atoms with van der Waals surface area (Å²) < 4.78 is 0. The molecule has 0 aliphatic rings. The van der Waals surface area contributed by atoms with Gasteiger partial charge in [0.15, 0.2) is 5.72 Å². The number of thioether (sulfide) groups is 1. The van der Waals surface area contributed by atoms with Gasteiger partial charge in [-0.1, -0.05) is 26.0 Å². The zero-order valence-corrected chi connectivity index (χ0v) is 23.2. The van der Waals surface area contributed by atoms with E-state index in [2.05, 4.69) is 5.32 Å². The maximum absolute atomic E-state index is 13.4. The summed E-state index contributed by atoms with van der Waals surface area (Å²) in [5, 5.41) is 56.0. The summed E-state index contributed by atoms with van der Waals surface area (Å²) >= 11 is 1.42. The number of hydrogen-bond acceptors (Lipinski definition) is 8. The minimum atomic E-state index is -2.70. The van der Waals surface area contributed by atoms with Gasteiger partial charge in [-0.3, -0.25) is 9.59 Å². The average Bonchev–Trinajstić information content (AvgIpc) is 2.90. The number of amides is 2. The molecule has 2 amide bonds. The van der Waals surface area contributed by atoms with Gasteiger partial charge in [0, 0.05) is 24.2 Å². The Morgan fingerprint density at radius 3 is 2.13 bits per heavy atom. The van der Waals surface area contributed by atoms with Crippen LogP contribution in [0.4, 0.5) is 0 Å². The van der Waals surface area contributed by atoms with E-state index in [1.165, 1.54) is 48.2 Å². The molecule has 6 N–H and O–H groups in total. The lowest BCUT2D eigenvalue weighted by Gasteiger charge is -2.39. The molecule has 0 bridgehead atoms. The first-order valence-corrected chi connectivity index (χ1v) is 14.2. The number of nitrogens with zero attached hydrogens (tertiary/aromatic N) is 1. The number of aromatic hydroxyl groups is 1. The molecule has 0 fully saturated rings. The SMILES string of the molecule is CCCN(CCC)C(=O)c1cc(C)cc(C(=O)NC(O)(C(O)c2ccc(O)cc2)C(O)C(O)CCSC)c1. The maximum Gasteiger partial charge on any atom is 0.253 e. The molecule has 38 heavy (non-hydrogen) atoms. The zero-order valence-electron chi connectivity index (χ0n) is 22.4. The number of aliphatic hydroxyl groups is 4. The van der Waals surface area contributed by atoms with Crippen molar-refractivity contribution in [2.75, 3.05) is 25.1 Å². The Bertz CT molecular complexity index is 1060. The smallest absolute Gasteiger partial charge is 0.253 e. The van der Waals surface area contributed by atoms with Crippen molar-refractivity contribution in [3.05, 3.63) is 64.7 Å². The standard InChI is InChI=1S/C28H40N2O7S/c1-5-12-30(13-6-2)27(36)21-16-18(3)15-20(17-21)26(35)29-28(37,25(34)23(32)11-14-38-4)24(33)19-7-9-22(31)10-8-19/h7-10,15-17,23-25,31-34,37H,5-6,11-14H2,1-4H3,(H,29,35). The second-order valence-corrected chi connectivity index (χ2v) is 10.4. The van der Waals surface area contributed by atoms with Crippen LogP contribution in [0.3, 0.4) is 0 Å². The van der Waals surface area contributed by atoms with Crippen LogP contribution in [0.1, 0.15) is 71.1 Å². The summed E-state index contributed by atoms with van der Waals surface area (Å²) in [6, 6.07) is 9.85. The summed E-state index contributed by atoms with van der Waals surface area (Å²) in [4.78, 5) is 28.3. The van der Waals surface area contributed by atoms with Crippen LogP contribution < -0.4 is 5.32 Å². The molecule has 4 atom stereocenters. The molecule has 0 aliphatic heterocycles. The average molecular weight is 549 g/mol. The molecule has 0 aliphatic carbocycles. The fourth-order valence-corrected chi connectivity index (χ4v) is 4.71. The van der Waals surface area contributed by atoms with E-state index in [1.54, 1.807) is 17.9 Å². The number of carbonyl (C=O) groups excluding carboxylic acids is 2. The second kappa shape index (κ2) is 14.5. The third-order valence-electron chi connectivity index (χ3n) is 6.23. The van der Waals surface area contributed by atoms with Crippen molar-refractivity contribution >= 4 is 23.6 Å². The minimum absolute atomic E-state index is 0.0448. The first kappa shape index (κ1) is 31.6. The topological polar surface area (TPSA) is 151 Å². The molecule has 0 aromatic heterocycles. The highest BCUT2D eigenvalue weighted by molar-refractivity contribution is 7.98. The number of rotatable bonds is 14. The Kier molecular flexibility index (Phi) is 12.1. The summed E-state index contributed by atoms with van der Waals surface area (Å²) in [5.74, 6) is -0.686. The number of aryl methyl sites for hydroxylation is 1. The van der Waals surface area contributed by atoms with Gasteiger partial charge in [-0.25, -0.2) is 0 Å². The first-order valence-electron chi connectivity index (χ1n) is 12.8. The number of phenolic OH excluding ortho intramolecular Hbond substituents is 1. The van der Waals surface area contributed by atoms with Crippen LogP contribution in [0.15, 0.2) is 42.5 Å². The van der Waals surface area contributed by atoms with E-state index < -0.39 is 29.9 Å². The van der Waals surface area contributed by atoms with E-state index in [0.29, 0.717) is 30.0 Å². The van der Waals surface area contributed by atoms with E-state index in [9.17, 15) is 35.1 Å².